The predicted molar refractivity (Wildman–Crippen MR) is 127 cm³/mol. The maximum absolute atomic E-state index is 14.5. The topological polar surface area (TPSA) is 55.8 Å². The zero-order chi connectivity index (χ0) is 25.9. The normalized spacial score (nSPS) is 11.2. The fraction of sp³-hybridized carbons (Fsp3) is 0.259. The summed E-state index contributed by atoms with van der Waals surface area (Å²) in [6.45, 7) is 6.24. The zero-order valence-corrected chi connectivity index (χ0v) is 20.1. The average molecular weight is 486 g/mol. The standard InChI is InChI=1S/C27H26F3NO4/c1-16-11-20(34-5)9-10-21(16)17-7-6-8-19(12-17)31(15-24(32)35-27(2,3)4)26(33)25-22(29)13-18(28)14-23(25)30/h6-14H,15H2,1-5H3. The van der Waals surface area contributed by atoms with E-state index in [0.717, 1.165) is 16.0 Å². The molecule has 0 aliphatic carbocycles. The molecule has 0 N–H and O–H groups in total. The molecule has 0 spiro atoms. The summed E-state index contributed by atoms with van der Waals surface area (Å²) in [7, 11) is 1.56. The molecule has 0 unspecified atom stereocenters. The van der Waals surface area contributed by atoms with Gasteiger partial charge in [-0.15, -0.1) is 0 Å². The van der Waals surface area contributed by atoms with Crippen LogP contribution in [0.5, 0.6) is 5.75 Å². The van der Waals surface area contributed by atoms with E-state index in [1.807, 2.05) is 19.1 Å². The molecule has 0 atom stereocenters. The van der Waals surface area contributed by atoms with Gasteiger partial charge in [0.05, 0.1) is 7.11 Å². The number of anilines is 1. The van der Waals surface area contributed by atoms with E-state index in [2.05, 4.69) is 0 Å². The molecular weight excluding hydrogens is 459 g/mol. The quantitative estimate of drug-likeness (QED) is 0.398. The summed E-state index contributed by atoms with van der Waals surface area (Å²) < 4.78 is 52.9. The van der Waals surface area contributed by atoms with Gasteiger partial charge in [-0.1, -0.05) is 18.2 Å². The van der Waals surface area contributed by atoms with E-state index >= 15 is 0 Å². The van der Waals surface area contributed by atoms with Gasteiger partial charge in [0.2, 0.25) is 0 Å². The highest BCUT2D eigenvalue weighted by Crippen LogP contribution is 2.31. The Bertz CT molecular complexity index is 1240. The van der Waals surface area contributed by atoms with Crippen LogP contribution in [0.25, 0.3) is 11.1 Å². The van der Waals surface area contributed by atoms with Gasteiger partial charge < -0.3 is 9.47 Å². The van der Waals surface area contributed by atoms with E-state index in [0.29, 0.717) is 23.4 Å². The first-order valence-electron chi connectivity index (χ1n) is 10.8. The SMILES string of the molecule is COc1ccc(-c2cccc(N(CC(=O)OC(C)(C)C)C(=O)c3c(F)cc(F)cc3F)c2)c(C)c1. The molecule has 0 radical (unpaired) electrons. The molecular formula is C27H26F3NO4. The monoisotopic (exact) mass is 485 g/mol. The first-order chi connectivity index (χ1) is 16.4. The molecule has 0 saturated carbocycles. The lowest BCUT2D eigenvalue weighted by atomic mass is 9.99. The Balaban J connectivity index is 2.08. The van der Waals surface area contributed by atoms with Gasteiger partial charge in [0.25, 0.3) is 5.91 Å². The Morgan fingerprint density at radius 2 is 1.60 bits per heavy atom. The van der Waals surface area contributed by atoms with Gasteiger partial charge >= 0.3 is 5.97 Å². The predicted octanol–water partition coefficient (Wildman–Crippen LogP) is 6.08. The van der Waals surface area contributed by atoms with Crippen LogP contribution in [0.15, 0.2) is 54.6 Å². The van der Waals surface area contributed by atoms with Gasteiger partial charge in [-0.3, -0.25) is 14.5 Å². The maximum atomic E-state index is 14.5. The third-order valence-electron chi connectivity index (χ3n) is 5.08. The molecule has 3 aromatic carbocycles. The summed E-state index contributed by atoms with van der Waals surface area (Å²) >= 11 is 0. The zero-order valence-electron chi connectivity index (χ0n) is 20.1. The van der Waals surface area contributed by atoms with Gasteiger partial charge in [0.15, 0.2) is 0 Å². The minimum absolute atomic E-state index is 0.205. The van der Waals surface area contributed by atoms with Crippen molar-refractivity contribution in [3.63, 3.8) is 0 Å². The van der Waals surface area contributed by atoms with Gasteiger partial charge in [-0.25, -0.2) is 13.2 Å². The van der Waals surface area contributed by atoms with Crippen LogP contribution in [-0.2, 0) is 9.53 Å². The molecule has 0 heterocycles. The lowest BCUT2D eigenvalue weighted by Crippen LogP contribution is -2.39. The van der Waals surface area contributed by atoms with E-state index in [1.54, 1.807) is 52.1 Å². The molecule has 0 bridgehead atoms. The third kappa shape index (κ3) is 6.20. The van der Waals surface area contributed by atoms with Crippen LogP contribution in [-0.4, -0.2) is 31.1 Å². The number of esters is 1. The minimum Gasteiger partial charge on any atom is -0.497 e. The largest absolute Gasteiger partial charge is 0.497 e. The Morgan fingerprint density at radius 3 is 2.17 bits per heavy atom. The van der Waals surface area contributed by atoms with Gasteiger partial charge in [0, 0.05) is 17.8 Å². The number of rotatable bonds is 6. The number of hydrogen-bond acceptors (Lipinski definition) is 4. The van der Waals surface area contributed by atoms with Crippen LogP contribution in [0.4, 0.5) is 18.9 Å². The number of aryl methyl sites for hydroxylation is 1. The van der Waals surface area contributed by atoms with E-state index < -0.39 is 47.0 Å². The number of methoxy groups -OCH3 is 1. The third-order valence-corrected chi connectivity index (χ3v) is 5.08. The van der Waals surface area contributed by atoms with Gasteiger partial charge in [-0.05, 0) is 68.7 Å². The molecule has 0 aliphatic rings. The summed E-state index contributed by atoms with van der Waals surface area (Å²) in [5, 5.41) is 0. The molecule has 35 heavy (non-hydrogen) atoms. The number of benzene rings is 3. The molecule has 1 amide bonds. The Labute approximate surface area is 202 Å². The number of hydrogen-bond donors (Lipinski definition) is 0. The highest BCUT2D eigenvalue weighted by atomic mass is 19.1. The van der Waals surface area contributed by atoms with Crippen LogP contribution in [0.2, 0.25) is 0 Å². The number of nitrogens with zero attached hydrogens (tertiary/aromatic N) is 1. The Kier molecular flexibility index (Phi) is 7.53. The summed E-state index contributed by atoms with van der Waals surface area (Å²) in [6, 6.07) is 12.9. The molecule has 5 nitrogen and oxygen atoms in total. The van der Waals surface area contributed by atoms with Crippen molar-refractivity contribution in [2.45, 2.75) is 33.3 Å². The van der Waals surface area contributed by atoms with Crippen molar-refractivity contribution >= 4 is 17.6 Å². The molecule has 0 aliphatic heterocycles. The van der Waals surface area contributed by atoms with E-state index in [1.165, 1.54) is 6.07 Å². The number of ether oxygens (including phenoxy) is 2. The maximum Gasteiger partial charge on any atom is 0.326 e. The van der Waals surface area contributed by atoms with E-state index in [9.17, 15) is 22.8 Å². The molecule has 0 fully saturated rings. The number of carbonyl (C=O) groups is 2. The van der Waals surface area contributed by atoms with Crippen LogP contribution in [0.1, 0.15) is 36.7 Å². The van der Waals surface area contributed by atoms with Crippen molar-refractivity contribution in [1.82, 2.24) is 0 Å². The van der Waals surface area contributed by atoms with Gasteiger partial charge in [0.1, 0.15) is 40.9 Å². The first-order valence-corrected chi connectivity index (χ1v) is 10.8. The number of carbonyl (C=O) groups excluding carboxylic acids is 2. The summed E-state index contributed by atoms with van der Waals surface area (Å²) in [6.07, 6.45) is 0. The minimum atomic E-state index is -1.37. The Hall–Kier alpha value is -3.81. The lowest BCUT2D eigenvalue weighted by molar-refractivity contribution is -0.152. The smallest absolute Gasteiger partial charge is 0.326 e. The van der Waals surface area contributed by atoms with Gasteiger partial charge in [-0.2, -0.15) is 0 Å². The highest BCUT2D eigenvalue weighted by Gasteiger charge is 2.29. The molecule has 8 heteroatoms. The van der Waals surface area contributed by atoms with Crippen molar-refractivity contribution in [3.8, 4) is 16.9 Å². The van der Waals surface area contributed by atoms with Crippen molar-refractivity contribution in [1.29, 1.82) is 0 Å². The summed E-state index contributed by atoms with van der Waals surface area (Å²) in [5.41, 5.74) is 0.807. The second-order valence-corrected chi connectivity index (χ2v) is 8.95. The van der Waals surface area contributed by atoms with Crippen LogP contribution >= 0.6 is 0 Å². The first kappa shape index (κ1) is 25.8. The van der Waals surface area contributed by atoms with Crippen molar-refractivity contribution in [3.05, 3.63) is 83.2 Å². The molecule has 0 saturated heterocycles. The summed E-state index contributed by atoms with van der Waals surface area (Å²) in [5.74, 6) is -5.15. The summed E-state index contributed by atoms with van der Waals surface area (Å²) in [4.78, 5) is 26.8. The van der Waals surface area contributed by atoms with Crippen molar-refractivity contribution in [2.75, 3.05) is 18.6 Å². The second kappa shape index (κ2) is 10.2. The average Bonchev–Trinajstić information content (AvgIpc) is 2.75. The lowest BCUT2D eigenvalue weighted by Gasteiger charge is -2.26. The van der Waals surface area contributed by atoms with Crippen LogP contribution < -0.4 is 9.64 Å². The van der Waals surface area contributed by atoms with Crippen LogP contribution in [0, 0.1) is 24.4 Å². The molecule has 184 valence electrons. The highest BCUT2D eigenvalue weighted by molar-refractivity contribution is 6.09. The van der Waals surface area contributed by atoms with E-state index in [-0.39, 0.29) is 5.69 Å². The van der Waals surface area contributed by atoms with E-state index in [4.69, 9.17) is 9.47 Å². The second-order valence-electron chi connectivity index (χ2n) is 8.95. The molecule has 3 aromatic rings. The fourth-order valence-corrected chi connectivity index (χ4v) is 3.59. The van der Waals surface area contributed by atoms with Crippen molar-refractivity contribution < 1.29 is 32.2 Å². The Morgan fingerprint density at radius 1 is 0.943 bits per heavy atom. The molecule has 0 aromatic heterocycles. The fourth-order valence-electron chi connectivity index (χ4n) is 3.59. The number of amides is 1. The molecule has 3 rings (SSSR count). The number of halogens is 3. The van der Waals surface area contributed by atoms with Crippen molar-refractivity contribution in [2.24, 2.45) is 0 Å². The van der Waals surface area contributed by atoms with Crippen LogP contribution in [0.3, 0.4) is 0 Å².